The van der Waals surface area contributed by atoms with Crippen LogP contribution in [-0.4, -0.2) is 239 Å². The Morgan fingerprint density at radius 1 is 0.424 bits per heavy atom. The highest BCUT2D eigenvalue weighted by Crippen LogP contribution is 2.26. The van der Waals surface area contributed by atoms with E-state index in [1.54, 1.807) is 34.6 Å². The van der Waals surface area contributed by atoms with E-state index in [1.807, 2.05) is 62.3 Å². The molecule has 1 aliphatic rings. The minimum Gasteiger partial charge on any atom is -0.394 e. The van der Waals surface area contributed by atoms with Crippen LogP contribution in [0, 0.1) is 41.4 Å². The average Bonchev–Trinajstić information content (AvgIpc) is 0.832. The zero-order chi connectivity index (χ0) is 71.1. The predicted octanol–water partition coefficient (Wildman–Crippen LogP) is 3.78. The van der Waals surface area contributed by atoms with Crippen LogP contribution in [0.1, 0.15) is 188 Å². The SMILES string of the molecule is CC[C@H]1NC(=O)[C@@H](C[C@H](C)CCCCCCNC(C)=O)N(C)C(=O)[C@@H](C(C)C)N(C)C(=O)[C@@H](CC(C)C)N(C)C(=O)[C@H](CC(C)C)N(C)C(=O)[C@H](C)NC(=O)[C@@H](C)NC(=O)[C@@H](CC(C)C)N(C)C(=O)[C@@H](C(C)C)NC(=O)[C@H](CC(C)C)N(C)C(=O)[C@@H](CO)N(C)C1=O. The Kier molecular flexibility index (Phi) is 35.8. The molecule has 12 atom stereocenters. The van der Waals surface area contributed by atoms with Crippen LogP contribution in [0.3, 0.4) is 0 Å². The molecule has 528 valence electrons. The lowest BCUT2D eigenvalue weighted by atomic mass is 9.92. The number of likely N-dealkylation sites (N-methyl/N-ethyl adjacent to an activating group) is 7. The number of nitrogens with zero attached hydrogens (tertiary/aromatic N) is 7. The fraction of sp³-hybridized carbons (Fsp3) is 0.821. The van der Waals surface area contributed by atoms with Gasteiger partial charge in [0.25, 0.3) is 0 Å². The fourth-order valence-corrected chi connectivity index (χ4v) is 11.8. The van der Waals surface area contributed by atoms with Crippen molar-refractivity contribution >= 4 is 70.9 Å². The maximum Gasteiger partial charge on any atom is 0.248 e. The van der Waals surface area contributed by atoms with Gasteiger partial charge in [-0.3, -0.25) is 57.5 Å². The Balaban J connectivity index is 4.35. The molecule has 0 spiro atoms. The van der Waals surface area contributed by atoms with Gasteiger partial charge in [-0.05, 0) is 100 Å². The van der Waals surface area contributed by atoms with Crippen molar-refractivity contribution in [3.05, 3.63) is 0 Å². The highest BCUT2D eigenvalue weighted by Gasteiger charge is 2.45. The summed E-state index contributed by atoms with van der Waals surface area (Å²) in [5.41, 5.74) is 0. The standard InChI is InChI=1S/C67H122N12O13/c1-25-48-62(87)78(23)54(37-80)65(90)73(18)50(33-39(4)5)60(85)72-55(42(10)11)66(91)74(19)49(32-38(2)3)58(83)69-45(15)57(82)70-46(16)61(86)76(21)52(34-40(6)7)63(88)77(22)53(35-41(8)9)64(89)79(24)56(43(12)13)67(92)75(20)51(59(84)71-48)36-44(14)30-28-26-27-29-31-68-47(17)81/h38-46,48-56,80H,25-37H2,1-24H3,(H,68,81)(H,69,83)(H,70,82)(H,71,84)(H,72,85)/t44-,45-,46+,48-,49-,50+,51-,52+,53-,54-,55-,56-/m1/s1. The molecular formula is C67H122N12O13. The molecule has 92 heavy (non-hydrogen) atoms. The molecule has 12 amide bonds. The van der Waals surface area contributed by atoms with Crippen molar-refractivity contribution in [2.24, 2.45) is 41.4 Å². The summed E-state index contributed by atoms with van der Waals surface area (Å²) in [5, 5.41) is 24.8. The van der Waals surface area contributed by atoms with Crippen molar-refractivity contribution in [3.63, 3.8) is 0 Å². The molecule has 25 heteroatoms. The van der Waals surface area contributed by atoms with E-state index in [0.717, 1.165) is 35.5 Å². The first kappa shape index (κ1) is 83.6. The molecule has 0 radical (unpaired) electrons. The number of hydrogen-bond donors (Lipinski definition) is 6. The maximum atomic E-state index is 15.3. The second-order valence-electron chi connectivity index (χ2n) is 28.3. The van der Waals surface area contributed by atoms with Crippen LogP contribution in [0.25, 0.3) is 0 Å². The summed E-state index contributed by atoms with van der Waals surface area (Å²) in [6.07, 6.45) is 4.60. The van der Waals surface area contributed by atoms with Crippen molar-refractivity contribution in [1.29, 1.82) is 0 Å². The number of unbranched alkanes of at least 4 members (excludes halogenated alkanes) is 3. The molecule has 0 aromatic carbocycles. The van der Waals surface area contributed by atoms with Crippen molar-refractivity contribution < 1.29 is 62.6 Å². The molecule has 6 N–H and O–H groups in total. The molecule has 1 fully saturated rings. The second kappa shape index (κ2) is 39.3. The molecule has 0 saturated carbocycles. The van der Waals surface area contributed by atoms with Crippen molar-refractivity contribution in [3.8, 4) is 0 Å². The molecule has 1 heterocycles. The molecule has 0 bridgehead atoms. The van der Waals surface area contributed by atoms with E-state index in [9.17, 15) is 43.5 Å². The molecule has 25 nitrogen and oxygen atoms in total. The van der Waals surface area contributed by atoms with Crippen molar-refractivity contribution in [2.45, 2.75) is 255 Å². The van der Waals surface area contributed by atoms with E-state index < -0.39 is 150 Å². The van der Waals surface area contributed by atoms with E-state index in [0.29, 0.717) is 13.0 Å². The highest BCUT2D eigenvalue weighted by molar-refractivity contribution is 6.00. The number of amides is 12. The minimum atomic E-state index is -1.56. The third-order valence-corrected chi connectivity index (χ3v) is 17.6. The van der Waals surface area contributed by atoms with Gasteiger partial charge in [0.15, 0.2) is 0 Å². The van der Waals surface area contributed by atoms with Crippen LogP contribution in [0.15, 0.2) is 0 Å². The van der Waals surface area contributed by atoms with E-state index >= 15 is 19.2 Å². The summed E-state index contributed by atoms with van der Waals surface area (Å²) in [4.78, 5) is 182. The van der Waals surface area contributed by atoms with Gasteiger partial charge in [0.1, 0.15) is 66.5 Å². The van der Waals surface area contributed by atoms with Crippen LogP contribution in [0.2, 0.25) is 0 Å². The van der Waals surface area contributed by atoms with Gasteiger partial charge in [0.2, 0.25) is 70.9 Å². The lowest BCUT2D eigenvalue weighted by molar-refractivity contribution is -0.156. The Morgan fingerprint density at radius 3 is 1.26 bits per heavy atom. The lowest BCUT2D eigenvalue weighted by Crippen LogP contribution is -2.62. The number of aliphatic hydroxyl groups is 1. The Morgan fingerprint density at radius 2 is 0.804 bits per heavy atom. The number of rotatable bonds is 21. The summed E-state index contributed by atoms with van der Waals surface area (Å²) in [6.45, 7) is 29.5. The van der Waals surface area contributed by atoms with Crippen LogP contribution in [0.5, 0.6) is 0 Å². The Hall–Kier alpha value is -6.40. The number of carbonyl (C=O) groups is 12. The number of nitrogens with one attached hydrogen (secondary N) is 5. The third-order valence-electron chi connectivity index (χ3n) is 17.6. The molecule has 0 aromatic heterocycles. The van der Waals surface area contributed by atoms with Gasteiger partial charge in [0, 0.05) is 62.8 Å². The first-order chi connectivity index (χ1) is 42.6. The zero-order valence-corrected chi connectivity index (χ0v) is 60.6. The normalized spacial score (nSPS) is 26.1. The van der Waals surface area contributed by atoms with Gasteiger partial charge >= 0.3 is 0 Å². The topological polar surface area (TPSA) is 308 Å². The monoisotopic (exact) mass is 1300 g/mol. The Bertz CT molecular complexity index is 2470. The fourth-order valence-electron chi connectivity index (χ4n) is 11.8. The zero-order valence-electron chi connectivity index (χ0n) is 60.6. The summed E-state index contributed by atoms with van der Waals surface area (Å²) in [6, 6.07) is -13.6. The predicted molar refractivity (Wildman–Crippen MR) is 355 cm³/mol. The largest absolute Gasteiger partial charge is 0.394 e. The van der Waals surface area contributed by atoms with Crippen molar-refractivity contribution in [2.75, 3.05) is 62.5 Å². The molecule has 0 unspecified atom stereocenters. The average molecular weight is 1300 g/mol. The van der Waals surface area contributed by atoms with E-state index in [4.69, 9.17) is 0 Å². The van der Waals surface area contributed by atoms with Gasteiger partial charge < -0.3 is 66.0 Å². The smallest absolute Gasteiger partial charge is 0.248 e. The quantitative estimate of drug-likeness (QED) is 0.0893. The number of aliphatic hydroxyl groups excluding tert-OH is 1. The highest BCUT2D eigenvalue weighted by atomic mass is 16.3. The second-order valence-corrected chi connectivity index (χ2v) is 28.3. The first-order valence-electron chi connectivity index (χ1n) is 33.5. The summed E-state index contributed by atoms with van der Waals surface area (Å²) in [5.74, 6) is -9.42. The lowest BCUT2D eigenvalue weighted by Gasteiger charge is -2.41. The number of carbonyl (C=O) groups excluding carboxylic acids is 12. The van der Waals surface area contributed by atoms with Gasteiger partial charge in [-0.15, -0.1) is 0 Å². The van der Waals surface area contributed by atoms with Crippen LogP contribution in [-0.2, 0) is 57.5 Å². The maximum absolute atomic E-state index is 15.3. The van der Waals surface area contributed by atoms with Crippen LogP contribution >= 0.6 is 0 Å². The molecule has 1 saturated heterocycles. The summed E-state index contributed by atoms with van der Waals surface area (Å²) >= 11 is 0. The molecule has 0 aromatic rings. The van der Waals surface area contributed by atoms with Crippen LogP contribution < -0.4 is 26.6 Å². The summed E-state index contributed by atoms with van der Waals surface area (Å²) < 4.78 is 0. The van der Waals surface area contributed by atoms with Gasteiger partial charge in [-0.2, -0.15) is 0 Å². The number of hydrogen-bond acceptors (Lipinski definition) is 13. The van der Waals surface area contributed by atoms with Crippen LogP contribution in [0.4, 0.5) is 0 Å². The van der Waals surface area contributed by atoms with E-state index in [2.05, 4.69) is 26.6 Å². The third kappa shape index (κ3) is 24.8. The molecule has 0 aliphatic carbocycles. The minimum absolute atomic E-state index is 0.0109. The Labute approximate surface area is 551 Å². The molecular weight excluding hydrogens is 1180 g/mol. The molecule has 1 rings (SSSR count). The van der Waals surface area contributed by atoms with E-state index in [-0.39, 0.29) is 74.0 Å². The van der Waals surface area contributed by atoms with Gasteiger partial charge in [-0.25, -0.2) is 0 Å². The molecule has 1 aliphatic heterocycles. The van der Waals surface area contributed by atoms with Gasteiger partial charge in [-0.1, -0.05) is 123 Å². The van der Waals surface area contributed by atoms with E-state index in [1.165, 1.54) is 94.6 Å². The summed E-state index contributed by atoms with van der Waals surface area (Å²) in [7, 11) is 9.98. The van der Waals surface area contributed by atoms with Gasteiger partial charge in [0.05, 0.1) is 6.61 Å². The first-order valence-corrected chi connectivity index (χ1v) is 33.5. The van der Waals surface area contributed by atoms with Crippen molar-refractivity contribution in [1.82, 2.24) is 60.9 Å².